The minimum Gasteiger partial charge on any atom is -0.206 e. The van der Waals surface area contributed by atoms with E-state index in [-0.39, 0.29) is 5.82 Å². The number of benzene rings is 1. The zero-order valence-corrected chi connectivity index (χ0v) is 10.3. The summed E-state index contributed by atoms with van der Waals surface area (Å²) in [6.07, 6.45) is 0. The van der Waals surface area contributed by atoms with Crippen LogP contribution in [0.3, 0.4) is 0 Å². The molecule has 1 heterocycles. The van der Waals surface area contributed by atoms with Crippen molar-refractivity contribution in [1.82, 2.24) is 0 Å². The van der Waals surface area contributed by atoms with Gasteiger partial charge < -0.3 is 0 Å². The van der Waals surface area contributed by atoms with Crippen molar-refractivity contribution in [3.05, 3.63) is 31.4 Å². The highest BCUT2D eigenvalue weighted by Gasteiger charge is 2.07. The molecular weight excluding hydrogens is 354 g/mol. The normalized spacial score (nSPS) is 10.9. The van der Waals surface area contributed by atoms with Crippen LogP contribution >= 0.6 is 49.9 Å². The molecule has 2 aromatic rings. The second-order valence-electron chi connectivity index (χ2n) is 2.32. The first-order valence-corrected chi connectivity index (χ1v) is 5.96. The second-order valence-corrected chi connectivity index (χ2v) is 5.13. The van der Waals surface area contributed by atoms with Crippen molar-refractivity contribution in [1.29, 1.82) is 0 Å². The van der Waals surface area contributed by atoms with Gasteiger partial charge in [-0.3, -0.25) is 0 Å². The predicted octanol–water partition coefficient (Wildman–Crippen LogP) is 4.41. The topological polar surface area (TPSA) is 0 Å². The lowest BCUT2D eigenvalue weighted by atomic mass is 10.3. The lowest BCUT2D eigenvalue weighted by Crippen LogP contribution is -1.79. The van der Waals surface area contributed by atoms with Gasteiger partial charge in [0.15, 0.2) is 0 Å². The van der Waals surface area contributed by atoms with Crippen molar-refractivity contribution in [3.63, 3.8) is 0 Å². The van der Waals surface area contributed by atoms with E-state index in [1.807, 2.05) is 28.0 Å². The molecule has 1 aromatic carbocycles. The predicted molar refractivity (Wildman–Crippen MR) is 62.2 cm³/mol. The van der Waals surface area contributed by atoms with Gasteiger partial charge in [-0.15, -0.1) is 11.3 Å². The first-order chi connectivity index (χ1) is 5.70. The molecule has 0 unspecified atom stereocenters. The Kier molecular flexibility index (Phi) is 2.39. The van der Waals surface area contributed by atoms with Gasteiger partial charge in [0.1, 0.15) is 5.82 Å². The van der Waals surface area contributed by atoms with Crippen LogP contribution in [0.2, 0.25) is 0 Å². The third kappa shape index (κ3) is 1.29. The summed E-state index contributed by atoms with van der Waals surface area (Å²) < 4.78 is 15.8. The van der Waals surface area contributed by atoms with Gasteiger partial charge in [-0.25, -0.2) is 4.39 Å². The van der Waals surface area contributed by atoms with E-state index in [4.69, 9.17) is 0 Å². The van der Waals surface area contributed by atoms with Crippen LogP contribution in [-0.2, 0) is 0 Å². The van der Waals surface area contributed by atoms with Crippen molar-refractivity contribution >= 4 is 59.9 Å². The van der Waals surface area contributed by atoms with Gasteiger partial charge >= 0.3 is 0 Å². The van der Waals surface area contributed by atoms with E-state index in [0.717, 1.165) is 14.6 Å². The summed E-state index contributed by atoms with van der Waals surface area (Å²) in [7, 11) is 0. The third-order valence-corrected chi connectivity index (χ3v) is 4.98. The Morgan fingerprint density at radius 2 is 2.17 bits per heavy atom. The maximum absolute atomic E-state index is 13.0. The molecule has 0 atom stereocenters. The molecule has 2 rings (SSSR count). The number of fused-ring (bicyclic) bond motifs is 1. The third-order valence-electron chi connectivity index (χ3n) is 1.59. The summed E-state index contributed by atoms with van der Waals surface area (Å²) in [5.41, 5.74) is 0. The molecule has 0 bridgehead atoms. The largest absolute Gasteiger partial charge is 0.206 e. The van der Waals surface area contributed by atoms with Gasteiger partial charge in [-0.05, 0) is 50.7 Å². The van der Waals surface area contributed by atoms with E-state index in [1.165, 1.54) is 6.07 Å². The van der Waals surface area contributed by atoms with Gasteiger partial charge in [0.25, 0.3) is 0 Å². The number of halogens is 3. The molecule has 0 saturated heterocycles. The highest BCUT2D eigenvalue weighted by Crippen LogP contribution is 2.34. The average Bonchev–Trinajstić information content (AvgIpc) is 2.41. The molecule has 0 N–H and O–H groups in total. The Morgan fingerprint density at radius 1 is 1.42 bits per heavy atom. The maximum Gasteiger partial charge on any atom is 0.137 e. The summed E-state index contributed by atoms with van der Waals surface area (Å²) in [5, 5.41) is 3.07. The van der Waals surface area contributed by atoms with Gasteiger partial charge in [0.2, 0.25) is 0 Å². The van der Waals surface area contributed by atoms with Crippen LogP contribution in [-0.4, -0.2) is 0 Å². The number of rotatable bonds is 0. The molecule has 12 heavy (non-hydrogen) atoms. The molecular formula is C8H3BrFIS. The van der Waals surface area contributed by atoms with E-state index < -0.39 is 0 Å². The fourth-order valence-corrected chi connectivity index (χ4v) is 3.46. The van der Waals surface area contributed by atoms with Crippen LogP contribution in [0.1, 0.15) is 0 Å². The monoisotopic (exact) mass is 356 g/mol. The summed E-state index contributed by atoms with van der Waals surface area (Å²) in [6.45, 7) is 0. The van der Waals surface area contributed by atoms with Crippen molar-refractivity contribution < 1.29 is 4.39 Å². The molecule has 0 nitrogen and oxygen atoms in total. The Morgan fingerprint density at radius 3 is 2.92 bits per heavy atom. The zero-order valence-electron chi connectivity index (χ0n) is 5.77. The highest BCUT2D eigenvalue weighted by molar-refractivity contribution is 14.1. The van der Waals surface area contributed by atoms with Crippen molar-refractivity contribution in [3.8, 4) is 0 Å². The Hall–Kier alpha value is 0.320. The Balaban J connectivity index is 2.93. The minimum absolute atomic E-state index is 0.141. The summed E-state index contributed by atoms with van der Waals surface area (Å²) >= 11 is 7.00. The molecule has 0 aliphatic carbocycles. The van der Waals surface area contributed by atoms with E-state index >= 15 is 0 Å². The van der Waals surface area contributed by atoms with Crippen LogP contribution in [0.25, 0.3) is 10.1 Å². The molecule has 0 aliphatic rings. The first-order valence-electron chi connectivity index (χ1n) is 3.21. The van der Waals surface area contributed by atoms with Crippen molar-refractivity contribution in [2.24, 2.45) is 0 Å². The molecule has 0 radical (unpaired) electrons. The molecule has 0 fully saturated rings. The molecule has 0 spiro atoms. The van der Waals surface area contributed by atoms with Gasteiger partial charge in [0.05, 0.1) is 8.27 Å². The molecule has 1 aromatic heterocycles. The molecule has 0 amide bonds. The average molecular weight is 357 g/mol. The number of hydrogen-bond acceptors (Lipinski definition) is 1. The number of hydrogen-bond donors (Lipinski definition) is 0. The fraction of sp³-hybridized carbons (Fsp3) is 0. The Bertz CT molecular complexity index is 438. The van der Waals surface area contributed by atoms with Gasteiger partial charge in [-0.1, -0.05) is 0 Å². The summed E-state index contributed by atoms with van der Waals surface area (Å²) in [4.78, 5) is 0. The van der Waals surface area contributed by atoms with Gasteiger partial charge in [0, 0.05) is 15.2 Å². The van der Waals surface area contributed by atoms with Crippen LogP contribution in [0.5, 0.6) is 0 Å². The minimum atomic E-state index is -0.141. The van der Waals surface area contributed by atoms with Crippen LogP contribution in [0.15, 0.2) is 22.0 Å². The van der Waals surface area contributed by atoms with E-state index in [2.05, 4.69) is 15.9 Å². The summed E-state index contributed by atoms with van der Waals surface area (Å²) in [5.74, 6) is -0.141. The lowest BCUT2D eigenvalue weighted by Gasteiger charge is -1.95. The summed E-state index contributed by atoms with van der Waals surface area (Å²) in [6, 6.07) is 3.30. The second kappa shape index (κ2) is 3.23. The van der Waals surface area contributed by atoms with E-state index in [0.29, 0.717) is 3.57 Å². The molecule has 0 saturated carbocycles. The Labute approximate surface area is 95.0 Å². The van der Waals surface area contributed by atoms with Crippen LogP contribution in [0.4, 0.5) is 4.39 Å². The zero-order chi connectivity index (χ0) is 8.72. The van der Waals surface area contributed by atoms with Crippen molar-refractivity contribution in [2.45, 2.75) is 0 Å². The SMILES string of the molecule is Fc1ccc2c(Br)csc2c1I. The lowest BCUT2D eigenvalue weighted by molar-refractivity contribution is 0.623. The molecule has 62 valence electrons. The quantitative estimate of drug-likeness (QED) is 0.613. The standard InChI is InChI=1S/C8H3BrFIS/c9-5-3-12-8-4(5)1-2-6(10)7(8)11/h1-3H. The molecule has 4 heteroatoms. The van der Waals surface area contributed by atoms with E-state index in [1.54, 1.807) is 17.4 Å². The highest BCUT2D eigenvalue weighted by atomic mass is 127. The van der Waals surface area contributed by atoms with Crippen LogP contribution < -0.4 is 0 Å². The molecule has 0 aliphatic heterocycles. The number of thiophene rings is 1. The van der Waals surface area contributed by atoms with E-state index in [9.17, 15) is 4.39 Å². The first kappa shape index (κ1) is 8.90. The van der Waals surface area contributed by atoms with Crippen LogP contribution in [0, 0.1) is 9.39 Å². The van der Waals surface area contributed by atoms with Gasteiger partial charge in [-0.2, -0.15) is 0 Å². The van der Waals surface area contributed by atoms with Crippen molar-refractivity contribution in [2.75, 3.05) is 0 Å². The smallest absolute Gasteiger partial charge is 0.137 e. The maximum atomic E-state index is 13.0. The fourth-order valence-electron chi connectivity index (χ4n) is 1.01.